The highest BCUT2D eigenvalue weighted by Gasteiger charge is 2.25. The van der Waals surface area contributed by atoms with Gasteiger partial charge in [0.25, 0.3) is 0 Å². The SMILES string of the molecule is C[C@@H]1C[C@H](C)SC(Sc2ccccc2)S1. The summed E-state index contributed by atoms with van der Waals surface area (Å²) < 4.78 is 0.672. The number of benzene rings is 1. The minimum atomic E-state index is 0.672. The third-order valence-electron chi connectivity index (χ3n) is 2.33. The number of rotatable bonds is 2. The van der Waals surface area contributed by atoms with Crippen LogP contribution in [-0.4, -0.2) is 14.4 Å². The molecule has 0 aromatic heterocycles. The molecular formula is C12H16S3. The summed E-state index contributed by atoms with van der Waals surface area (Å²) in [5.74, 6) is 0. The lowest BCUT2D eigenvalue weighted by Gasteiger charge is -2.30. The van der Waals surface area contributed by atoms with Crippen molar-refractivity contribution in [3.8, 4) is 0 Å². The van der Waals surface area contributed by atoms with Gasteiger partial charge in [-0.1, -0.05) is 32.0 Å². The van der Waals surface area contributed by atoms with Crippen LogP contribution in [0.25, 0.3) is 0 Å². The van der Waals surface area contributed by atoms with Crippen molar-refractivity contribution in [2.75, 3.05) is 0 Å². The minimum absolute atomic E-state index is 0.672. The topological polar surface area (TPSA) is 0 Å². The zero-order chi connectivity index (χ0) is 10.7. The van der Waals surface area contributed by atoms with E-state index < -0.39 is 0 Å². The van der Waals surface area contributed by atoms with E-state index in [0.717, 1.165) is 10.5 Å². The summed E-state index contributed by atoms with van der Waals surface area (Å²) in [5.41, 5.74) is 0. The summed E-state index contributed by atoms with van der Waals surface area (Å²) in [6, 6.07) is 10.7. The average Bonchev–Trinajstić information content (AvgIpc) is 2.17. The Morgan fingerprint density at radius 1 is 1.07 bits per heavy atom. The molecule has 0 nitrogen and oxygen atoms in total. The van der Waals surface area contributed by atoms with Gasteiger partial charge in [0, 0.05) is 15.4 Å². The van der Waals surface area contributed by atoms with Gasteiger partial charge in [0.2, 0.25) is 0 Å². The molecule has 0 aliphatic carbocycles. The molecule has 1 aromatic carbocycles. The molecular weight excluding hydrogens is 240 g/mol. The van der Waals surface area contributed by atoms with Crippen LogP contribution in [0.3, 0.4) is 0 Å². The van der Waals surface area contributed by atoms with Crippen molar-refractivity contribution in [1.82, 2.24) is 0 Å². The molecule has 1 aliphatic rings. The Kier molecular flexibility index (Phi) is 4.35. The Morgan fingerprint density at radius 3 is 2.27 bits per heavy atom. The molecule has 15 heavy (non-hydrogen) atoms. The molecule has 82 valence electrons. The molecule has 0 saturated carbocycles. The van der Waals surface area contributed by atoms with Crippen LogP contribution in [0.4, 0.5) is 0 Å². The van der Waals surface area contributed by atoms with Gasteiger partial charge < -0.3 is 0 Å². The Morgan fingerprint density at radius 2 is 1.67 bits per heavy atom. The van der Waals surface area contributed by atoms with E-state index in [1.54, 1.807) is 0 Å². The van der Waals surface area contributed by atoms with Crippen molar-refractivity contribution in [2.45, 2.75) is 39.6 Å². The molecule has 0 amide bonds. The van der Waals surface area contributed by atoms with Crippen LogP contribution in [-0.2, 0) is 0 Å². The van der Waals surface area contributed by atoms with Gasteiger partial charge in [-0.3, -0.25) is 0 Å². The van der Waals surface area contributed by atoms with E-state index in [4.69, 9.17) is 0 Å². The van der Waals surface area contributed by atoms with Gasteiger partial charge in [-0.15, -0.1) is 35.3 Å². The van der Waals surface area contributed by atoms with Crippen LogP contribution in [0.2, 0.25) is 0 Å². The summed E-state index contributed by atoms with van der Waals surface area (Å²) in [4.78, 5) is 1.39. The second kappa shape index (κ2) is 5.55. The normalized spacial score (nSPS) is 31.5. The van der Waals surface area contributed by atoms with Gasteiger partial charge >= 0.3 is 0 Å². The molecule has 1 aliphatic heterocycles. The molecule has 1 saturated heterocycles. The summed E-state index contributed by atoms with van der Waals surface area (Å²) >= 11 is 6.22. The van der Waals surface area contributed by atoms with E-state index in [9.17, 15) is 0 Å². The molecule has 3 atom stereocenters. The zero-order valence-electron chi connectivity index (χ0n) is 9.05. The van der Waals surface area contributed by atoms with E-state index in [1.165, 1.54) is 11.3 Å². The number of thioether (sulfide) groups is 3. The first-order valence-corrected chi connectivity index (χ1v) is 8.03. The molecule has 1 heterocycles. The predicted molar refractivity (Wildman–Crippen MR) is 74.8 cm³/mol. The lowest BCUT2D eigenvalue weighted by Crippen LogP contribution is -2.17. The van der Waals surface area contributed by atoms with Crippen molar-refractivity contribution in [1.29, 1.82) is 0 Å². The summed E-state index contributed by atoms with van der Waals surface area (Å²) in [7, 11) is 0. The molecule has 0 spiro atoms. The highest BCUT2D eigenvalue weighted by molar-refractivity contribution is 8.32. The minimum Gasteiger partial charge on any atom is -0.133 e. The highest BCUT2D eigenvalue weighted by atomic mass is 32.3. The molecule has 0 radical (unpaired) electrons. The third kappa shape index (κ3) is 3.65. The van der Waals surface area contributed by atoms with Gasteiger partial charge in [0.1, 0.15) is 3.91 Å². The van der Waals surface area contributed by atoms with Crippen molar-refractivity contribution in [3.63, 3.8) is 0 Å². The van der Waals surface area contributed by atoms with Gasteiger partial charge in [-0.2, -0.15) is 0 Å². The Bertz CT molecular complexity index is 289. The predicted octanol–water partition coefficient (Wildman–Crippen LogP) is 4.71. The lowest BCUT2D eigenvalue weighted by molar-refractivity contribution is 0.797. The fourth-order valence-electron chi connectivity index (χ4n) is 1.66. The van der Waals surface area contributed by atoms with Crippen molar-refractivity contribution in [3.05, 3.63) is 30.3 Å². The molecule has 2 rings (SSSR count). The maximum Gasteiger partial charge on any atom is 0.101 e. The van der Waals surface area contributed by atoms with Crippen molar-refractivity contribution >= 4 is 35.3 Å². The maximum absolute atomic E-state index is 2.35. The van der Waals surface area contributed by atoms with E-state index in [-0.39, 0.29) is 0 Å². The maximum atomic E-state index is 2.35. The summed E-state index contributed by atoms with van der Waals surface area (Å²) in [6.45, 7) is 4.69. The van der Waals surface area contributed by atoms with Crippen LogP contribution >= 0.6 is 35.3 Å². The van der Waals surface area contributed by atoms with Gasteiger partial charge in [-0.25, -0.2) is 0 Å². The largest absolute Gasteiger partial charge is 0.133 e. The zero-order valence-corrected chi connectivity index (χ0v) is 11.5. The molecule has 1 aromatic rings. The Labute approximate surface area is 105 Å². The lowest BCUT2D eigenvalue weighted by atomic mass is 10.3. The van der Waals surface area contributed by atoms with Gasteiger partial charge in [0.15, 0.2) is 0 Å². The summed E-state index contributed by atoms with van der Waals surface area (Å²) in [5, 5.41) is 1.62. The molecule has 3 heteroatoms. The van der Waals surface area contributed by atoms with Crippen LogP contribution < -0.4 is 0 Å². The Balaban J connectivity index is 1.94. The van der Waals surface area contributed by atoms with E-state index in [1.807, 2.05) is 11.8 Å². The third-order valence-corrected chi connectivity index (χ3v) is 6.73. The molecule has 0 bridgehead atoms. The monoisotopic (exact) mass is 256 g/mol. The van der Waals surface area contributed by atoms with Crippen molar-refractivity contribution in [2.24, 2.45) is 0 Å². The first-order valence-electron chi connectivity index (χ1n) is 5.26. The fourth-order valence-corrected chi connectivity index (χ4v) is 7.52. The second-order valence-electron chi connectivity index (χ2n) is 3.85. The van der Waals surface area contributed by atoms with E-state index in [0.29, 0.717) is 3.91 Å². The quantitative estimate of drug-likeness (QED) is 0.752. The van der Waals surface area contributed by atoms with E-state index in [2.05, 4.69) is 67.7 Å². The first kappa shape index (κ1) is 11.7. The van der Waals surface area contributed by atoms with Crippen LogP contribution in [0, 0.1) is 0 Å². The standard InChI is InChI=1S/C12H16S3/c1-9-8-10(2)14-12(13-9)15-11-6-4-3-5-7-11/h3-7,9-10,12H,8H2,1-2H3/t9-,10+,12?. The first-order chi connectivity index (χ1) is 7.24. The van der Waals surface area contributed by atoms with Gasteiger partial charge in [0.05, 0.1) is 0 Å². The summed E-state index contributed by atoms with van der Waals surface area (Å²) in [6.07, 6.45) is 1.35. The van der Waals surface area contributed by atoms with Crippen LogP contribution in [0.15, 0.2) is 35.2 Å². The van der Waals surface area contributed by atoms with E-state index >= 15 is 0 Å². The fraction of sp³-hybridized carbons (Fsp3) is 0.500. The average molecular weight is 256 g/mol. The number of hydrogen-bond acceptors (Lipinski definition) is 3. The molecule has 1 unspecified atom stereocenters. The molecule has 0 N–H and O–H groups in total. The van der Waals surface area contributed by atoms with Crippen molar-refractivity contribution < 1.29 is 0 Å². The Hall–Kier alpha value is 0.270. The highest BCUT2D eigenvalue weighted by Crippen LogP contribution is 2.47. The number of hydrogen-bond donors (Lipinski definition) is 0. The molecule has 1 fully saturated rings. The second-order valence-corrected chi connectivity index (χ2v) is 9.02. The smallest absolute Gasteiger partial charge is 0.101 e. The van der Waals surface area contributed by atoms with Gasteiger partial charge in [-0.05, 0) is 18.6 Å². The van der Waals surface area contributed by atoms with Crippen LogP contribution in [0.5, 0.6) is 0 Å². The van der Waals surface area contributed by atoms with Crippen LogP contribution in [0.1, 0.15) is 20.3 Å².